The van der Waals surface area contributed by atoms with Crippen LogP contribution < -0.4 is 4.74 Å². The van der Waals surface area contributed by atoms with Gasteiger partial charge in [-0.3, -0.25) is 0 Å². The summed E-state index contributed by atoms with van der Waals surface area (Å²) in [5.41, 5.74) is 0.102. The number of benzene rings is 2. The molecule has 1 aliphatic rings. The highest BCUT2D eigenvalue weighted by atomic mass is 79.9. The lowest BCUT2D eigenvalue weighted by molar-refractivity contribution is 0.0337. The number of aliphatic hydroxyl groups is 1. The van der Waals surface area contributed by atoms with Gasteiger partial charge < -0.3 is 14.7 Å². The zero-order valence-electron chi connectivity index (χ0n) is 15.0. The Morgan fingerprint density at radius 2 is 1.73 bits per heavy atom. The van der Waals surface area contributed by atoms with Gasteiger partial charge in [-0.05, 0) is 91.1 Å². The van der Waals surface area contributed by atoms with Crippen LogP contribution in [0.15, 0.2) is 51.4 Å². The highest BCUT2D eigenvalue weighted by molar-refractivity contribution is 9.11. The van der Waals surface area contributed by atoms with Crippen LogP contribution in [0.1, 0.15) is 38.2 Å². The molecule has 0 aromatic heterocycles. The van der Waals surface area contributed by atoms with Crippen molar-refractivity contribution in [3.05, 3.63) is 57.0 Å². The van der Waals surface area contributed by atoms with Crippen LogP contribution in [-0.2, 0) is 5.60 Å². The smallest absolute Gasteiger partial charge is 0.141 e. The number of hydrogen-bond acceptors (Lipinski definition) is 3. The van der Waals surface area contributed by atoms with Gasteiger partial charge in [0.05, 0.1) is 10.1 Å². The van der Waals surface area contributed by atoms with Crippen molar-refractivity contribution in [1.29, 1.82) is 0 Å². The fourth-order valence-corrected chi connectivity index (χ4v) is 4.40. The van der Waals surface area contributed by atoms with E-state index >= 15 is 0 Å². The SMILES string of the molecule is CC(O)(CCN1CCCCC1)c1ccc(Oc2ccc(Br)cc2Br)cc1. The maximum absolute atomic E-state index is 10.9. The minimum Gasteiger partial charge on any atom is -0.456 e. The summed E-state index contributed by atoms with van der Waals surface area (Å²) in [5.74, 6) is 1.52. The summed E-state index contributed by atoms with van der Waals surface area (Å²) in [4.78, 5) is 2.46. The molecular formula is C21H25Br2NO2. The third kappa shape index (κ3) is 5.32. The first kappa shape index (κ1) is 19.9. The van der Waals surface area contributed by atoms with Crippen molar-refractivity contribution in [3.63, 3.8) is 0 Å². The van der Waals surface area contributed by atoms with E-state index in [1.165, 1.54) is 19.3 Å². The lowest BCUT2D eigenvalue weighted by Crippen LogP contribution is -2.34. The molecule has 0 radical (unpaired) electrons. The van der Waals surface area contributed by atoms with Crippen LogP contribution in [0.5, 0.6) is 11.5 Å². The highest BCUT2D eigenvalue weighted by Crippen LogP contribution is 2.33. The van der Waals surface area contributed by atoms with Crippen LogP contribution in [-0.4, -0.2) is 29.6 Å². The second kappa shape index (κ2) is 8.87. The average Bonchev–Trinajstić information content (AvgIpc) is 2.64. The van der Waals surface area contributed by atoms with Gasteiger partial charge in [0.2, 0.25) is 0 Å². The maximum Gasteiger partial charge on any atom is 0.141 e. The second-order valence-corrected chi connectivity index (χ2v) is 8.90. The summed E-state index contributed by atoms with van der Waals surface area (Å²) in [7, 11) is 0. The Morgan fingerprint density at radius 1 is 1.04 bits per heavy atom. The van der Waals surface area contributed by atoms with Gasteiger partial charge in [0, 0.05) is 11.0 Å². The first-order chi connectivity index (χ1) is 12.4. The van der Waals surface area contributed by atoms with Crippen LogP contribution in [0, 0.1) is 0 Å². The molecule has 0 aliphatic carbocycles. The molecule has 1 atom stereocenters. The Kier molecular flexibility index (Phi) is 6.78. The number of rotatable bonds is 6. The number of nitrogens with zero attached hydrogens (tertiary/aromatic N) is 1. The summed E-state index contributed by atoms with van der Waals surface area (Å²) in [6.45, 7) is 5.16. The average molecular weight is 483 g/mol. The van der Waals surface area contributed by atoms with Crippen LogP contribution in [0.25, 0.3) is 0 Å². The van der Waals surface area contributed by atoms with Gasteiger partial charge in [-0.1, -0.05) is 34.5 Å². The Hall–Kier alpha value is -0.880. The van der Waals surface area contributed by atoms with Crippen molar-refractivity contribution < 1.29 is 9.84 Å². The summed E-state index contributed by atoms with van der Waals surface area (Å²) in [5, 5.41) is 10.9. The van der Waals surface area contributed by atoms with Crippen LogP contribution in [0.3, 0.4) is 0 Å². The predicted octanol–water partition coefficient (Wildman–Crippen LogP) is 6.09. The number of ether oxygens (including phenoxy) is 1. The van der Waals surface area contributed by atoms with Crippen molar-refractivity contribution in [1.82, 2.24) is 4.90 Å². The number of likely N-dealkylation sites (tertiary alicyclic amines) is 1. The third-order valence-corrected chi connectivity index (χ3v) is 6.07. The lowest BCUT2D eigenvalue weighted by atomic mass is 9.92. The lowest BCUT2D eigenvalue weighted by Gasteiger charge is -2.31. The van der Waals surface area contributed by atoms with E-state index in [1.807, 2.05) is 49.4 Å². The topological polar surface area (TPSA) is 32.7 Å². The van der Waals surface area contributed by atoms with Crippen LogP contribution >= 0.6 is 31.9 Å². The molecule has 5 heteroatoms. The molecule has 2 aromatic carbocycles. The van der Waals surface area contributed by atoms with E-state index in [9.17, 15) is 5.11 Å². The highest BCUT2D eigenvalue weighted by Gasteiger charge is 2.24. The van der Waals surface area contributed by atoms with E-state index in [1.54, 1.807) is 0 Å². The summed E-state index contributed by atoms with van der Waals surface area (Å²) < 4.78 is 7.82. The van der Waals surface area contributed by atoms with Crippen molar-refractivity contribution in [3.8, 4) is 11.5 Å². The van der Waals surface area contributed by atoms with Gasteiger partial charge in [0.1, 0.15) is 11.5 Å². The molecule has 2 aromatic rings. The fraction of sp³-hybridized carbons (Fsp3) is 0.429. The van der Waals surface area contributed by atoms with Crippen molar-refractivity contribution in [2.45, 2.75) is 38.2 Å². The van der Waals surface area contributed by atoms with E-state index in [4.69, 9.17) is 4.74 Å². The first-order valence-corrected chi connectivity index (χ1v) is 10.7. The van der Waals surface area contributed by atoms with E-state index in [2.05, 4.69) is 36.8 Å². The van der Waals surface area contributed by atoms with E-state index in [0.29, 0.717) is 0 Å². The molecule has 0 saturated carbocycles. The summed E-state index contributed by atoms with van der Waals surface area (Å²) >= 11 is 6.95. The molecule has 26 heavy (non-hydrogen) atoms. The quantitative estimate of drug-likeness (QED) is 0.540. The zero-order chi connectivity index (χ0) is 18.6. The third-order valence-electron chi connectivity index (χ3n) is 4.96. The minimum absolute atomic E-state index is 0.742. The maximum atomic E-state index is 10.9. The monoisotopic (exact) mass is 481 g/mol. The van der Waals surface area contributed by atoms with Gasteiger partial charge in [-0.2, -0.15) is 0 Å². The Bertz CT molecular complexity index is 725. The summed E-state index contributed by atoms with van der Waals surface area (Å²) in [6, 6.07) is 13.6. The number of halogens is 2. The fourth-order valence-electron chi connectivity index (χ4n) is 3.27. The van der Waals surface area contributed by atoms with Gasteiger partial charge >= 0.3 is 0 Å². The molecule has 1 heterocycles. The first-order valence-electron chi connectivity index (χ1n) is 9.12. The van der Waals surface area contributed by atoms with Gasteiger partial charge in [0.25, 0.3) is 0 Å². The minimum atomic E-state index is -0.825. The summed E-state index contributed by atoms with van der Waals surface area (Å²) in [6.07, 6.45) is 4.63. The van der Waals surface area contributed by atoms with E-state index in [-0.39, 0.29) is 0 Å². The molecule has 1 N–H and O–H groups in total. The number of piperidine rings is 1. The predicted molar refractivity (Wildman–Crippen MR) is 113 cm³/mol. The molecule has 3 rings (SSSR count). The van der Waals surface area contributed by atoms with Crippen LogP contribution in [0.4, 0.5) is 0 Å². The molecule has 140 valence electrons. The molecule has 0 amide bonds. The molecule has 1 saturated heterocycles. The van der Waals surface area contributed by atoms with Crippen molar-refractivity contribution in [2.75, 3.05) is 19.6 Å². The van der Waals surface area contributed by atoms with Gasteiger partial charge in [0.15, 0.2) is 0 Å². The molecule has 1 fully saturated rings. The van der Waals surface area contributed by atoms with Gasteiger partial charge in [-0.15, -0.1) is 0 Å². The Morgan fingerprint density at radius 3 is 2.38 bits per heavy atom. The largest absolute Gasteiger partial charge is 0.456 e. The van der Waals surface area contributed by atoms with Crippen LogP contribution in [0.2, 0.25) is 0 Å². The molecule has 1 aliphatic heterocycles. The standard InChI is InChI=1S/C21H25Br2NO2/c1-21(25,11-14-24-12-3-2-4-13-24)16-5-8-18(9-6-16)26-20-10-7-17(22)15-19(20)23/h5-10,15,25H,2-4,11-14H2,1H3. The molecule has 3 nitrogen and oxygen atoms in total. The molecular weight excluding hydrogens is 458 g/mol. The molecule has 0 bridgehead atoms. The number of hydrogen-bond donors (Lipinski definition) is 1. The van der Waals surface area contributed by atoms with Crippen molar-refractivity contribution >= 4 is 31.9 Å². The van der Waals surface area contributed by atoms with Gasteiger partial charge in [-0.25, -0.2) is 0 Å². The Labute approximate surface area is 172 Å². The van der Waals surface area contributed by atoms with Crippen molar-refractivity contribution in [2.24, 2.45) is 0 Å². The molecule has 1 unspecified atom stereocenters. The van der Waals surface area contributed by atoms with E-state index in [0.717, 1.165) is 52.1 Å². The molecule has 0 spiro atoms. The zero-order valence-corrected chi connectivity index (χ0v) is 18.2. The Balaban J connectivity index is 1.62. The normalized spacial score (nSPS) is 17.7. The second-order valence-electron chi connectivity index (χ2n) is 7.13. The van der Waals surface area contributed by atoms with E-state index < -0.39 is 5.60 Å².